The van der Waals surface area contributed by atoms with Crippen LogP contribution in [0.2, 0.25) is 0 Å². The maximum Gasteiger partial charge on any atom is 0.318 e. The third-order valence-corrected chi connectivity index (χ3v) is 5.11. The van der Waals surface area contributed by atoms with Gasteiger partial charge in [-0.2, -0.15) is 9.97 Å². The summed E-state index contributed by atoms with van der Waals surface area (Å²) in [6.45, 7) is 4.41. The Morgan fingerprint density at radius 1 is 1.14 bits per heavy atom. The smallest absolute Gasteiger partial charge is 0.318 e. The molecule has 0 amide bonds. The van der Waals surface area contributed by atoms with Crippen molar-refractivity contribution in [2.45, 2.75) is 26.0 Å². The van der Waals surface area contributed by atoms with E-state index in [2.05, 4.69) is 57.2 Å². The molecule has 0 fully saturated rings. The molecular formula is C22H27N5O. The molecule has 1 aliphatic heterocycles. The molecule has 0 saturated heterocycles. The summed E-state index contributed by atoms with van der Waals surface area (Å²) in [4.78, 5) is 13.5. The molecule has 0 bridgehead atoms. The zero-order valence-electron chi connectivity index (χ0n) is 16.7. The normalized spacial score (nSPS) is 14.9. The van der Waals surface area contributed by atoms with Crippen LogP contribution in [0.15, 0.2) is 42.5 Å². The van der Waals surface area contributed by atoms with Crippen molar-refractivity contribution in [3.8, 4) is 6.01 Å². The molecule has 1 aromatic heterocycles. The topological polar surface area (TPSA) is 67.5 Å². The maximum absolute atomic E-state index is 6.23. The van der Waals surface area contributed by atoms with Crippen molar-refractivity contribution in [3.63, 3.8) is 0 Å². The number of fused-ring (bicyclic) bond motifs is 2. The van der Waals surface area contributed by atoms with Gasteiger partial charge in [-0.3, -0.25) is 0 Å². The number of nitrogens with two attached hydrogens (primary N) is 1. The molecule has 146 valence electrons. The first-order valence-corrected chi connectivity index (χ1v) is 9.70. The van der Waals surface area contributed by atoms with Crippen LogP contribution in [-0.4, -0.2) is 48.2 Å². The molecule has 0 spiro atoms. The monoisotopic (exact) mass is 377 g/mol. The number of rotatable bonds is 5. The van der Waals surface area contributed by atoms with Crippen LogP contribution in [-0.2, 0) is 13.0 Å². The number of hydrogen-bond acceptors (Lipinski definition) is 6. The number of benzene rings is 2. The van der Waals surface area contributed by atoms with Gasteiger partial charge in [-0.05, 0) is 38.9 Å². The van der Waals surface area contributed by atoms with Crippen molar-refractivity contribution in [1.29, 1.82) is 0 Å². The number of hydrogen-bond donors (Lipinski definition) is 1. The third kappa shape index (κ3) is 3.73. The molecule has 2 N–H and O–H groups in total. The Bertz CT molecular complexity index is 983. The van der Waals surface area contributed by atoms with E-state index in [9.17, 15) is 0 Å². The number of anilines is 2. The van der Waals surface area contributed by atoms with Crippen molar-refractivity contribution in [2.24, 2.45) is 0 Å². The summed E-state index contributed by atoms with van der Waals surface area (Å²) in [6.07, 6.45) is 0.822. The molecule has 0 aliphatic carbocycles. The first-order chi connectivity index (χ1) is 13.5. The third-order valence-electron chi connectivity index (χ3n) is 5.11. The zero-order valence-corrected chi connectivity index (χ0v) is 16.7. The van der Waals surface area contributed by atoms with Crippen molar-refractivity contribution in [1.82, 2.24) is 14.9 Å². The largest absolute Gasteiger partial charge is 0.459 e. The van der Waals surface area contributed by atoms with E-state index in [0.29, 0.717) is 18.4 Å². The van der Waals surface area contributed by atoms with Crippen LogP contribution in [0.5, 0.6) is 6.01 Å². The Morgan fingerprint density at radius 2 is 1.93 bits per heavy atom. The van der Waals surface area contributed by atoms with Crippen molar-refractivity contribution < 1.29 is 4.74 Å². The number of nitrogens with zero attached hydrogens (tertiary/aromatic N) is 4. The fourth-order valence-corrected chi connectivity index (χ4v) is 3.91. The van der Waals surface area contributed by atoms with Crippen LogP contribution in [0.4, 0.5) is 11.5 Å². The quantitative estimate of drug-likeness (QED) is 0.737. The molecule has 2 heterocycles. The van der Waals surface area contributed by atoms with Crippen molar-refractivity contribution in [3.05, 3.63) is 53.7 Å². The summed E-state index contributed by atoms with van der Waals surface area (Å²) in [5.74, 6) is 0.537. The highest BCUT2D eigenvalue weighted by Gasteiger charge is 2.23. The van der Waals surface area contributed by atoms with Gasteiger partial charge in [0.2, 0.25) is 0 Å². The van der Waals surface area contributed by atoms with E-state index in [1.54, 1.807) is 0 Å². The average Bonchev–Trinajstić information content (AvgIpc) is 2.66. The van der Waals surface area contributed by atoms with Crippen LogP contribution < -0.4 is 15.4 Å². The molecule has 6 nitrogen and oxygen atoms in total. The summed E-state index contributed by atoms with van der Waals surface area (Å²) in [5.41, 5.74) is 9.46. The van der Waals surface area contributed by atoms with Crippen LogP contribution in [0.3, 0.4) is 0 Å². The maximum atomic E-state index is 6.23. The predicted molar refractivity (Wildman–Crippen MR) is 114 cm³/mol. The minimum absolute atomic E-state index is 0.00906. The molecule has 3 aromatic rings. The molecule has 4 rings (SSSR count). The Hall–Kier alpha value is -2.86. The van der Waals surface area contributed by atoms with Gasteiger partial charge in [-0.1, -0.05) is 36.4 Å². The van der Waals surface area contributed by atoms with Crippen molar-refractivity contribution in [2.75, 3.05) is 37.8 Å². The lowest BCUT2D eigenvalue weighted by Gasteiger charge is -2.31. The summed E-state index contributed by atoms with van der Waals surface area (Å²) in [7, 11) is 4.04. The molecule has 0 radical (unpaired) electrons. The predicted octanol–water partition coefficient (Wildman–Crippen LogP) is 3.10. The number of ether oxygens (including phenoxy) is 1. The van der Waals surface area contributed by atoms with Gasteiger partial charge >= 0.3 is 6.01 Å². The van der Waals surface area contributed by atoms with Gasteiger partial charge in [0.1, 0.15) is 11.9 Å². The fourth-order valence-electron chi connectivity index (χ4n) is 3.91. The number of nitrogen functional groups attached to an aromatic ring is 1. The van der Waals surface area contributed by atoms with E-state index in [1.165, 1.54) is 16.5 Å². The number of likely N-dealkylation sites (N-methyl/N-ethyl adjacent to an activating group) is 1. The highest BCUT2D eigenvalue weighted by molar-refractivity contribution is 5.94. The summed E-state index contributed by atoms with van der Waals surface area (Å²) in [6, 6.07) is 15.3. The SMILES string of the molecule is CC(CN(C)C)Oc1nc(N)c2c(n1)CN(c1cccc3ccccc13)CC2. The highest BCUT2D eigenvalue weighted by Crippen LogP contribution is 2.32. The Morgan fingerprint density at radius 3 is 2.75 bits per heavy atom. The molecule has 6 heteroatoms. The minimum Gasteiger partial charge on any atom is -0.459 e. The van der Waals surface area contributed by atoms with E-state index in [-0.39, 0.29) is 6.10 Å². The molecule has 1 atom stereocenters. The molecular weight excluding hydrogens is 350 g/mol. The van der Waals surface area contributed by atoms with E-state index in [4.69, 9.17) is 15.5 Å². The van der Waals surface area contributed by atoms with Gasteiger partial charge in [0.15, 0.2) is 0 Å². The first-order valence-electron chi connectivity index (χ1n) is 9.70. The molecule has 2 aromatic carbocycles. The van der Waals surface area contributed by atoms with E-state index in [1.807, 2.05) is 21.0 Å². The summed E-state index contributed by atoms with van der Waals surface area (Å²) < 4.78 is 5.92. The lowest BCUT2D eigenvalue weighted by atomic mass is 10.0. The van der Waals surface area contributed by atoms with E-state index >= 15 is 0 Å². The van der Waals surface area contributed by atoms with Crippen LogP contribution in [0.25, 0.3) is 10.8 Å². The van der Waals surface area contributed by atoms with Gasteiger partial charge < -0.3 is 20.3 Å². The Balaban J connectivity index is 1.62. The zero-order chi connectivity index (χ0) is 19.7. The molecule has 0 saturated carbocycles. The Kier molecular flexibility index (Phi) is 5.05. The molecule has 1 unspecified atom stereocenters. The second kappa shape index (κ2) is 7.64. The van der Waals surface area contributed by atoms with Gasteiger partial charge in [0.25, 0.3) is 0 Å². The second-order valence-corrected chi connectivity index (χ2v) is 7.68. The van der Waals surface area contributed by atoms with Crippen molar-refractivity contribution >= 4 is 22.3 Å². The lowest BCUT2D eigenvalue weighted by molar-refractivity contribution is 0.163. The summed E-state index contributed by atoms with van der Waals surface area (Å²) >= 11 is 0. The molecule has 28 heavy (non-hydrogen) atoms. The van der Waals surface area contributed by atoms with Crippen LogP contribution in [0, 0.1) is 0 Å². The van der Waals surface area contributed by atoms with E-state index < -0.39 is 0 Å². The van der Waals surface area contributed by atoms with Gasteiger partial charge in [-0.15, -0.1) is 0 Å². The Labute approximate surface area is 165 Å². The van der Waals surface area contributed by atoms with Crippen LogP contribution >= 0.6 is 0 Å². The average molecular weight is 377 g/mol. The fraction of sp³-hybridized carbons (Fsp3) is 0.364. The first kappa shape index (κ1) is 18.5. The number of aromatic nitrogens is 2. The van der Waals surface area contributed by atoms with Gasteiger partial charge in [0.05, 0.1) is 12.2 Å². The van der Waals surface area contributed by atoms with Gasteiger partial charge in [0, 0.05) is 29.7 Å². The molecule has 1 aliphatic rings. The standard InChI is InChI=1S/C22H27N5O/c1-15(13-26(2)3)28-22-24-19-14-27(12-11-18(19)21(23)25-22)20-10-6-8-16-7-4-5-9-17(16)20/h4-10,15H,11-14H2,1-3H3,(H2,23,24,25). The van der Waals surface area contributed by atoms with Gasteiger partial charge in [-0.25, -0.2) is 0 Å². The highest BCUT2D eigenvalue weighted by atomic mass is 16.5. The lowest BCUT2D eigenvalue weighted by Crippen LogP contribution is -2.33. The minimum atomic E-state index is -0.00906. The van der Waals surface area contributed by atoms with E-state index in [0.717, 1.165) is 30.8 Å². The second-order valence-electron chi connectivity index (χ2n) is 7.68. The van der Waals surface area contributed by atoms with Crippen LogP contribution in [0.1, 0.15) is 18.2 Å². The summed E-state index contributed by atoms with van der Waals surface area (Å²) in [5, 5.41) is 2.50.